The van der Waals surface area contributed by atoms with Gasteiger partial charge in [-0.3, -0.25) is 0 Å². The molecule has 0 aromatic heterocycles. The second-order valence-electron chi connectivity index (χ2n) is 3.85. The van der Waals surface area contributed by atoms with Crippen LogP contribution in [0.5, 0.6) is 11.5 Å². The Kier molecular flexibility index (Phi) is 7.01. The summed E-state index contributed by atoms with van der Waals surface area (Å²) in [6, 6.07) is 5.43. The van der Waals surface area contributed by atoms with Crippen LogP contribution in [0.3, 0.4) is 0 Å². The molecule has 0 atom stereocenters. The van der Waals surface area contributed by atoms with E-state index in [-0.39, 0.29) is 24.1 Å². The first-order chi connectivity index (χ1) is 9.48. The van der Waals surface area contributed by atoms with Gasteiger partial charge in [0.05, 0.1) is 13.2 Å². The average molecular weight is 309 g/mol. The lowest BCUT2D eigenvalue weighted by Crippen LogP contribution is -2.12. The van der Waals surface area contributed by atoms with E-state index in [2.05, 4.69) is 5.32 Å². The van der Waals surface area contributed by atoms with Gasteiger partial charge in [0.15, 0.2) is 11.5 Å². The maximum absolute atomic E-state index is 12.1. The van der Waals surface area contributed by atoms with E-state index in [9.17, 15) is 13.2 Å². The third-order valence-corrected chi connectivity index (χ3v) is 3.02. The van der Waals surface area contributed by atoms with Gasteiger partial charge in [0.2, 0.25) is 0 Å². The highest BCUT2D eigenvalue weighted by Gasteiger charge is 2.27. The van der Waals surface area contributed by atoms with Crippen molar-refractivity contribution in [3.8, 4) is 11.5 Å². The lowest BCUT2D eigenvalue weighted by molar-refractivity contribution is -0.0329. The molecule has 1 N–H and O–H groups in total. The number of hydrogen-bond acceptors (Lipinski definition) is 4. The summed E-state index contributed by atoms with van der Waals surface area (Å²) in [5, 5.41) is 2.99. The molecule has 114 valence electrons. The standard InChI is InChI=1S/C13H18F3NO2S/c1-3-18-11-6-4-5-10(9-17-2)12(11)19-7-8-20-13(14,15)16/h4-6,17H,3,7-9H2,1-2H3. The van der Waals surface area contributed by atoms with Crippen molar-refractivity contribution in [1.82, 2.24) is 5.32 Å². The van der Waals surface area contributed by atoms with Gasteiger partial charge in [-0.25, -0.2) is 0 Å². The molecule has 0 saturated carbocycles. The lowest BCUT2D eigenvalue weighted by Gasteiger charge is -2.16. The van der Waals surface area contributed by atoms with Gasteiger partial charge >= 0.3 is 5.51 Å². The minimum atomic E-state index is -4.23. The van der Waals surface area contributed by atoms with E-state index in [1.165, 1.54) is 0 Å². The molecule has 3 nitrogen and oxygen atoms in total. The number of alkyl halides is 3. The normalized spacial score (nSPS) is 11.4. The van der Waals surface area contributed by atoms with Crippen molar-refractivity contribution in [2.24, 2.45) is 0 Å². The largest absolute Gasteiger partial charge is 0.490 e. The molecule has 0 aliphatic heterocycles. The van der Waals surface area contributed by atoms with Gasteiger partial charge in [0, 0.05) is 17.9 Å². The highest BCUT2D eigenvalue weighted by atomic mass is 32.2. The van der Waals surface area contributed by atoms with E-state index in [0.29, 0.717) is 24.7 Å². The lowest BCUT2D eigenvalue weighted by atomic mass is 10.2. The summed E-state index contributed by atoms with van der Waals surface area (Å²) in [5.74, 6) is 0.909. The highest BCUT2D eigenvalue weighted by Crippen LogP contribution is 2.33. The number of benzene rings is 1. The number of thioether (sulfide) groups is 1. The molecule has 1 rings (SSSR count). The molecule has 0 bridgehead atoms. The van der Waals surface area contributed by atoms with Gasteiger partial charge < -0.3 is 14.8 Å². The number of halogens is 3. The molecule has 0 unspecified atom stereocenters. The van der Waals surface area contributed by atoms with E-state index in [1.54, 1.807) is 13.1 Å². The van der Waals surface area contributed by atoms with E-state index in [1.807, 2.05) is 19.1 Å². The Morgan fingerprint density at radius 3 is 2.60 bits per heavy atom. The number of hydrogen-bond donors (Lipinski definition) is 1. The Balaban J connectivity index is 2.69. The quantitative estimate of drug-likeness (QED) is 0.745. The highest BCUT2D eigenvalue weighted by molar-refractivity contribution is 8.00. The first-order valence-corrected chi connectivity index (χ1v) is 7.19. The molecule has 0 aliphatic rings. The van der Waals surface area contributed by atoms with Crippen molar-refractivity contribution in [3.63, 3.8) is 0 Å². The van der Waals surface area contributed by atoms with Crippen LogP contribution in [0.2, 0.25) is 0 Å². The maximum atomic E-state index is 12.1. The van der Waals surface area contributed by atoms with Crippen LogP contribution in [0.15, 0.2) is 18.2 Å². The molecule has 1 aromatic carbocycles. The van der Waals surface area contributed by atoms with E-state index in [0.717, 1.165) is 5.56 Å². The smallest absolute Gasteiger partial charge is 0.441 e. The van der Waals surface area contributed by atoms with Gasteiger partial charge in [-0.2, -0.15) is 13.2 Å². The van der Waals surface area contributed by atoms with Crippen molar-refractivity contribution in [2.75, 3.05) is 26.0 Å². The van der Waals surface area contributed by atoms with Gasteiger partial charge in [0.1, 0.15) is 0 Å². The van der Waals surface area contributed by atoms with Crippen LogP contribution >= 0.6 is 11.8 Å². The van der Waals surface area contributed by atoms with Crippen molar-refractivity contribution >= 4 is 11.8 Å². The van der Waals surface area contributed by atoms with Crippen molar-refractivity contribution in [1.29, 1.82) is 0 Å². The summed E-state index contributed by atoms with van der Waals surface area (Å²) in [7, 11) is 1.79. The van der Waals surface area contributed by atoms with Crippen molar-refractivity contribution in [3.05, 3.63) is 23.8 Å². The molecule has 20 heavy (non-hydrogen) atoms. The van der Waals surface area contributed by atoms with Gasteiger partial charge in [0.25, 0.3) is 0 Å². The van der Waals surface area contributed by atoms with E-state index < -0.39 is 5.51 Å². The zero-order chi connectivity index (χ0) is 15.0. The van der Waals surface area contributed by atoms with Crippen LogP contribution in [0.1, 0.15) is 12.5 Å². The predicted octanol–water partition coefficient (Wildman–Crippen LogP) is 3.44. The Morgan fingerprint density at radius 1 is 1.25 bits per heavy atom. The van der Waals surface area contributed by atoms with Gasteiger partial charge in [-0.05, 0) is 31.8 Å². The summed E-state index contributed by atoms with van der Waals surface area (Å²) >= 11 is -0.0902. The molecule has 0 saturated heterocycles. The molecule has 0 fully saturated rings. The summed E-state index contributed by atoms with van der Waals surface area (Å²) < 4.78 is 47.1. The van der Waals surface area contributed by atoms with Crippen LogP contribution < -0.4 is 14.8 Å². The molecule has 0 radical (unpaired) electrons. The van der Waals surface area contributed by atoms with Crippen LogP contribution in [0.25, 0.3) is 0 Å². The minimum absolute atomic E-state index is 0.0228. The zero-order valence-electron chi connectivity index (χ0n) is 11.4. The molecular formula is C13H18F3NO2S. The molecule has 1 aromatic rings. The second kappa shape index (κ2) is 8.26. The van der Waals surface area contributed by atoms with E-state index in [4.69, 9.17) is 9.47 Å². The number of para-hydroxylation sites is 1. The molecule has 7 heteroatoms. The summed E-state index contributed by atoms with van der Waals surface area (Å²) in [4.78, 5) is 0. The summed E-state index contributed by atoms with van der Waals surface area (Å²) in [5.41, 5.74) is -3.37. The summed E-state index contributed by atoms with van der Waals surface area (Å²) in [6.07, 6.45) is 0. The minimum Gasteiger partial charge on any atom is -0.490 e. The van der Waals surface area contributed by atoms with Crippen LogP contribution in [0.4, 0.5) is 13.2 Å². The number of rotatable bonds is 8. The predicted molar refractivity (Wildman–Crippen MR) is 74.4 cm³/mol. The Hall–Kier alpha value is -1.08. The first kappa shape index (κ1) is 17.0. The van der Waals surface area contributed by atoms with Crippen LogP contribution in [-0.2, 0) is 6.54 Å². The topological polar surface area (TPSA) is 30.5 Å². The van der Waals surface area contributed by atoms with Gasteiger partial charge in [-0.15, -0.1) is 0 Å². The fourth-order valence-electron chi connectivity index (χ4n) is 1.63. The molecule has 0 amide bonds. The Labute approximate surface area is 120 Å². The second-order valence-corrected chi connectivity index (χ2v) is 5.01. The number of nitrogens with one attached hydrogen (secondary N) is 1. The molecule has 0 spiro atoms. The molecule has 0 heterocycles. The Morgan fingerprint density at radius 2 is 2.00 bits per heavy atom. The fraction of sp³-hybridized carbons (Fsp3) is 0.538. The van der Waals surface area contributed by atoms with E-state index >= 15 is 0 Å². The van der Waals surface area contributed by atoms with Crippen molar-refractivity contribution in [2.45, 2.75) is 19.0 Å². The van der Waals surface area contributed by atoms with Gasteiger partial charge in [-0.1, -0.05) is 12.1 Å². The van der Waals surface area contributed by atoms with Crippen LogP contribution in [0, 0.1) is 0 Å². The van der Waals surface area contributed by atoms with Crippen molar-refractivity contribution < 1.29 is 22.6 Å². The molecular weight excluding hydrogens is 291 g/mol. The van der Waals surface area contributed by atoms with Crippen LogP contribution in [-0.4, -0.2) is 31.5 Å². The zero-order valence-corrected chi connectivity index (χ0v) is 12.2. The monoisotopic (exact) mass is 309 g/mol. The summed E-state index contributed by atoms with van der Waals surface area (Å²) in [6.45, 7) is 2.85. The average Bonchev–Trinajstić information content (AvgIpc) is 2.36. The third-order valence-electron chi connectivity index (χ3n) is 2.32. The fourth-order valence-corrected chi connectivity index (χ4v) is 2.02. The molecule has 0 aliphatic carbocycles. The number of ether oxygens (including phenoxy) is 2. The maximum Gasteiger partial charge on any atom is 0.441 e. The first-order valence-electron chi connectivity index (χ1n) is 6.20. The SMILES string of the molecule is CCOc1cccc(CNC)c1OCCSC(F)(F)F. The third kappa shape index (κ3) is 5.92. The Bertz CT molecular complexity index is 389.